The Hall–Kier alpha value is 1.79. The Kier molecular flexibility index (Phi) is 25.9. The van der Waals surface area contributed by atoms with Crippen molar-refractivity contribution < 1.29 is 41.9 Å². The predicted molar refractivity (Wildman–Crippen MR) is 26.1 cm³/mol. The van der Waals surface area contributed by atoms with Crippen LogP contribution < -0.4 is 0 Å². The normalized spacial score (nSPS) is 6.00. The van der Waals surface area contributed by atoms with Crippen molar-refractivity contribution in [2.45, 2.75) is 0 Å². The van der Waals surface area contributed by atoms with Gasteiger partial charge in [0.2, 0.25) is 0 Å². The van der Waals surface area contributed by atoms with Crippen LogP contribution in [-0.2, 0) is 41.9 Å². The fourth-order valence-corrected chi connectivity index (χ4v) is 0. The van der Waals surface area contributed by atoms with E-state index < -0.39 is 0 Å². The van der Waals surface area contributed by atoms with Gasteiger partial charge in [-0.2, -0.15) is 0 Å². The second-order valence-corrected chi connectivity index (χ2v) is 4.50. The van der Waals surface area contributed by atoms with Crippen LogP contribution in [0.5, 0.6) is 0 Å². The molecule has 0 amide bonds. The molecule has 0 unspecified atom stereocenters. The van der Waals surface area contributed by atoms with Crippen LogP contribution in [0.3, 0.4) is 0 Å². The first-order chi connectivity index (χ1) is 1.73. The Morgan fingerprint density at radius 3 is 1.00 bits per heavy atom. The van der Waals surface area contributed by atoms with E-state index in [1.807, 2.05) is 0 Å². The molecule has 0 spiro atoms. The molecule has 0 aliphatic carbocycles. The zero-order chi connectivity index (χ0) is 3.58. The second kappa shape index (κ2) is 9.92. The maximum absolute atomic E-state index is 2.27. The molecule has 0 aromatic heterocycles. The van der Waals surface area contributed by atoms with E-state index in [1.54, 1.807) is 0 Å². The van der Waals surface area contributed by atoms with E-state index in [0.717, 1.165) is 0 Å². The Balaban J connectivity index is -0.0000000450. The van der Waals surface area contributed by atoms with Crippen LogP contribution in [-0.4, -0.2) is 20.0 Å². The standard InChI is InChI=1S/C3H9P.Au.Ru/c1-4(2)3;;/h1-3H3;;/p+1. The molecule has 0 aromatic rings. The SMILES string of the molecule is C[PH+](C)C.[Au].[Ru]. The Bertz CT molecular complexity index is 15.5. The monoisotopic (exact) mass is 376 g/mol. The Morgan fingerprint density at radius 2 is 1.00 bits per heavy atom. The third-order valence-corrected chi connectivity index (χ3v) is 0. The summed E-state index contributed by atoms with van der Waals surface area (Å²) in [4.78, 5) is 0. The van der Waals surface area contributed by atoms with Gasteiger partial charge in [0.1, 0.15) is 0 Å². The van der Waals surface area contributed by atoms with Crippen molar-refractivity contribution in [3.8, 4) is 0 Å². The van der Waals surface area contributed by atoms with Crippen molar-refractivity contribution in [3.05, 3.63) is 0 Å². The molecule has 0 nitrogen and oxygen atoms in total. The van der Waals surface area contributed by atoms with Gasteiger partial charge in [-0.1, -0.05) is 0 Å². The van der Waals surface area contributed by atoms with E-state index in [-0.39, 0.29) is 49.8 Å². The van der Waals surface area contributed by atoms with Crippen LogP contribution in [0.25, 0.3) is 0 Å². The van der Waals surface area contributed by atoms with Crippen molar-refractivity contribution in [2.75, 3.05) is 20.0 Å². The summed E-state index contributed by atoms with van der Waals surface area (Å²) in [6, 6.07) is 0. The molecule has 3 heteroatoms. The molecule has 0 saturated heterocycles. The molecular weight excluding hydrogens is 365 g/mol. The molecular formula is C3H10AuPRu+. The fraction of sp³-hybridized carbons (Fsp3) is 1.00. The molecule has 0 heterocycles. The molecule has 45 valence electrons. The second-order valence-electron chi connectivity index (χ2n) is 1.50. The molecule has 0 aliphatic rings. The van der Waals surface area contributed by atoms with Crippen LogP contribution in [0.15, 0.2) is 0 Å². The Labute approximate surface area is 69.5 Å². The van der Waals surface area contributed by atoms with Crippen molar-refractivity contribution in [1.29, 1.82) is 0 Å². The zero-order valence-corrected chi connectivity index (χ0v) is 9.06. The summed E-state index contributed by atoms with van der Waals surface area (Å²) in [5, 5.41) is 0. The molecule has 0 aromatic carbocycles. The van der Waals surface area contributed by atoms with Gasteiger partial charge in [-0.3, -0.25) is 0 Å². The molecule has 1 radical (unpaired) electrons. The molecule has 0 fully saturated rings. The van der Waals surface area contributed by atoms with Crippen molar-refractivity contribution in [1.82, 2.24) is 0 Å². The first-order valence-corrected chi connectivity index (χ1v) is 4.50. The van der Waals surface area contributed by atoms with Crippen LogP contribution in [0.2, 0.25) is 0 Å². The molecule has 0 aliphatic heterocycles. The summed E-state index contributed by atoms with van der Waals surface area (Å²) < 4.78 is 0. The number of hydrogen-bond donors (Lipinski definition) is 0. The molecule has 0 N–H and O–H groups in total. The summed E-state index contributed by atoms with van der Waals surface area (Å²) >= 11 is 0. The van der Waals surface area contributed by atoms with Gasteiger partial charge in [0, 0.05) is 61.9 Å². The number of hydrogen-bond acceptors (Lipinski definition) is 0. The van der Waals surface area contributed by atoms with Crippen LogP contribution in [0, 0.1) is 0 Å². The van der Waals surface area contributed by atoms with E-state index in [9.17, 15) is 0 Å². The van der Waals surface area contributed by atoms with Gasteiger partial charge in [0.05, 0.1) is 0 Å². The van der Waals surface area contributed by atoms with Crippen molar-refractivity contribution in [3.63, 3.8) is 0 Å². The average Bonchev–Trinajstić information content (AvgIpc) is 0.811. The molecule has 0 rings (SSSR count). The van der Waals surface area contributed by atoms with E-state index in [1.165, 1.54) is 0 Å². The van der Waals surface area contributed by atoms with E-state index in [4.69, 9.17) is 0 Å². The fourth-order valence-electron chi connectivity index (χ4n) is 0. The molecule has 6 heavy (non-hydrogen) atoms. The third-order valence-electron chi connectivity index (χ3n) is 0. The summed E-state index contributed by atoms with van der Waals surface area (Å²) in [6.45, 7) is 6.81. The van der Waals surface area contributed by atoms with Crippen LogP contribution in [0.1, 0.15) is 0 Å². The van der Waals surface area contributed by atoms with Gasteiger partial charge in [0.15, 0.2) is 0 Å². The van der Waals surface area contributed by atoms with Crippen LogP contribution >= 0.6 is 7.92 Å². The average molecular weight is 375 g/mol. The van der Waals surface area contributed by atoms with Crippen LogP contribution in [0.4, 0.5) is 0 Å². The predicted octanol–water partition coefficient (Wildman–Crippen LogP) is 1.08. The quantitative estimate of drug-likeness (QED) is 0.439. The van der Waals surface area contributed by atoms with Crippen molar-refractivity contribution >= 4 is 7.92 Å². The summed E-state index contributed by atoms with van der Waals surface area (Å²) in [5.41, 5.74) is 0. The first-order valence-electron chi connectivity index (χ1n) is 1.50. The number of rotatable bonds is 0. The van der Waals surface area contributed by atoms with Gasteiger partial charge < -0.3 is 0 Å². The summed E-state index contributed by atoms with van der Waals surface area (Å²) in [7, 11) is 0.120. The molecule has 0 saturated carbocycles. The smallest absolute Gasteiger partial charge is 0.00840 e. The summed E-state index contributed by atoms with van der Waals surface area (Å²) in [5.74, 6) is 0. The minimum atomic E-state index is 0. The topological polar surface area (TPSA) is 0 Å². The van der Waals surface area contributed by atoms with E-state index >= 15 is 0 Å². The first kappa shape index (κ1) is 15.7. The van der Waals surface area contributed by atoms with Gasteiger partial charge >= 0.3 is 0 Å². The molecule has 0 bridgehead atoms. The minimum Gasteiger partial charge on any atom is -0.00840 e. The maximum atomic E-state index is 2.27. The van der Waals surface area contributed by atoms with Gasteiger partial charge in [-0.25, -0.2) is 0 Å². The summed E-state index contributed by atoms with van der Waals surface area (Å²) in [6.07, 6.45) is 0. The van der Waals surface area contributed by atoms with Gasteiger partial charge in [0.25, 0.3) is 0 Å². The van der Waals surface area contributed by atoms with E-state index in [2.05, 4.69) is 20.0 Å². The largest absolute Gasteiger partial charge is 0.0461 e. The maximum Gasteiger partial charge on any atom is 0.0461 e. The van der Waals surface area contributed by atoms with Crippen molar-refractivity contribution in [2.24, 2.45) is 0 Å². The third kappa shape index (κ3) is 41.4. The molecule has 0 atom stereocenters. The van der Waals surface area contributed by atoms with E-state index in [0.29, 0.717) is 0 Å². The minimum absolute atomic E-state index is 0. The van der Waals surface area contributed by atoms with Gasteiger partial charge in [-0.15, -0.1) is 0 Å². The Morgan fingerprint density at radius 1 is 1.00 bits per heavy atom. The van der Waals surface area contributed by atoms with Gasteiger partial charge in [-0.05, 0) is 7.92 Å². The zero-order valence-electron chi connectivity index (χ0n) is 4.16.